The summed E-state index contributed by atoms with van der Waals surface area (Å²) in [5.41, 5.74) is 7.50. The summed E-state index contributed by atoms with van der Waals surface area (Å²) in [7, 11) is -2.06. The van der Waals surface area contributed by atoms with Gasteiger partial charge in [0.25, 0.3) is 0 Å². The lowest BCUT2D eigenvalue weighted by molar-refractivity contribution is 0.104. The number of alkyl halides is 1. The Labute approximate surface area is 227 Å². The molecule has 0 spiro atoms. The van der Waals surface area contributed by atoms with Crippen molar-refractivity contribution in [1.29, 1.82) is 0 Å². The molecule has 1 fully saturated rings. The van der Waals surface area contributed by atoms with Crippen LogP contribution in [0.1, 0.15) is 144 Å². The van der Waals surface area contributed by atoms with Crippen molar-refractivity contribution in [3.05, 3.63) is 63.5 Å². The standard InChI is InChI=1S/C33H50FNOSi/c1-21(2)31-29(30(34)24-17-15-22(3)16-18-24)27(23-13-11-12-14-23)28-25(35-31)19-33(7,8)20-26(28)36-37(9,10)32(4,5)6/h15-18,21,23,26,30H,11-14,19-20H2,1-10H3/t26-,30-/m0/s1. The van der Waals surface area contributed by atoms with Crippen LogP contribution in [-0.4, -0.2) is 13.3 Å². The van der Waals surface area contributed by atoms with Gasteiger partial charge in [0.1, 0.15) is 0 Å². The predicted octanol–water partition coefficient (Wildman–Crippen LogP) is 10.3. The zero-order valence-corrected chi connectivity index (χ0v) is 26.1. The van der Waals surface area contributed by atoms with Crippen LogP contribution in [0.15, 0.2) is 24.3 Å². The Morgan fingerprint density at radius 2 is 1.62 bits per heavy atom. The Balaban J connectivity index is 1.99. The smallest absolute Gasteiger partial charge is 0.192 e. The van der Waals surface area contributed by atoms with Crippen LogP contribution in [0.4, 0.5) is 4.39 Å². The third-order valence-electron chi connectivity index (χ3n) is 9.31. The van der Waals surface area contributed by atoms with Crippen LogP contribution in [-0.2, 0) is 10.8 Å². The first kappa shape index (κ1) is 28.5. The molecule has 4 heteroatoms. The van der Waals surface area contributed by atoms with Gasteiger partial charge < -0.3 is 4.43 Å². The van der Waals surface area contributed by atoms with E-state index in [1.807, 2.05) is 24.3 Å². The maximum Gasteiger partial charge on any atom is 0.192 e. The van der Waals surface area contributed by atoms with E-state index in [1.165, 1.54) is 29.7 Å². The van der Waals surface area contributed by atoms with Crippen LogP contribution in [0.3, 0.4) is 0 Å². The second-order valence-electron chi connectivity index (χ2n) is 14.5. The average Bonchev–Trinajstić information content (AvgIpc) is 3.30. The highest BCUT2D eigenvalue weighted by atomic mass is 28.4. The van der Waals surface area contributed by atoms with Crippen molar-refractivity contribution in [2.75, 3.05) is 0 Å². The van der Waals surface area contributed by atoms with Crippen molar-refractivity contribution in [2.24, 2.45) is 5.41 Å². The Bertz CT molecular complexity index is 1110. The van der Waals surface area contributed by atoms with Gasteiger partial charge in [-0.2, -0.15) is 0 Å². The summed E-state index contributed by atoms with van der Waals surface area (Å²) in [6, 6.07) is 8.00. The number of pyridine rings is 1. The molecule has 1 saturated carbocycles. The van der Waals surface area contributed by atoms with Crippen LogP contribution < -0.4 is 0 Å². The van der Waals surface area contributed by atoms with E-state index in [2.05, 4.69) is 68.5 Å². The van der Waals surface area contributed by atoms with Gasteiger partial charge in [-0.15, -0.1) is 0 Å². The molecule has 4 rings (SSSR count). The van der Waals surface area contributed by atoms with Crippen LogP contribution in [0.5, 0.6) is 0 Å². The van der Waals surface area contributed by atoms with E-state index < -0.39 is 14.5 Å². The highest BCUT2D eigenvalue weighted by Crippen LogP contribution is 2.53. The summed E-state index contributed by atoms with van der Waals surface area (Å²) in [4.78, 5) is 5.34. The number of aromatic nitrogens is 1. The van der Waals surface area contributed by atoms with E-state index in [4.69, 9.17) is 9.41 Å². The topological polar surface area (TPSA) is 22.1 Å². The Morgan fingerprint density at radius 1 is 1.03 bits per heavy atom. The second-order valence-corrected chi connectivity index (χ2v) is 19.3. The fourth-order valence-corrected chi connectivity index (χ4v) is 7.49. The lowest BCUT2D eigenvalue weighted by Gasteiger charge is -2.45. The molecule has 0 saturated heterocycles. The summed E-state index contributed by atoms with van der Waals surface area (Å²) >= 11 is 0. The number of rotatable bonds is 6. The Kier molecular flexibility index (Phi) is 7.87. The predicted molar refractivity (Wildman–Crippen MR) is 157 cm³/mol. The zero-order valence-electron chi connectivity index (χ0n) is 25.1. The highest BCUT2D eigenvalue weighted by Gasteiger charge is 2.45. The van der Waals surface area contributed by atoms with Gasteiger partial charge in [-0.25, -0.2) is 4.39 Å². The van der Waals surface area contributed by atoms with Crippen LogP contribution in [0, 0.1) is 12.3 Å². The quantitative estimate of drug-likeness (QED) is 0.351. The summed E-state index contributed by atoms with van der Waals surface area (Å²) in [6.07, 6.45) is 5.42. The molecule has 0 N–H and O–H groups in total. The molecule has 0 radical (unpaired) electrons. The lowest BCUT2D eigenvalue weighted by atomic mass is 9.70. The first-order valence-electron chi connectivity index (χ1n) is 14.6. The third kappa shape index (κ3) is 5.76. The fourth-order valence-electron chi connectivity index (χ4n) is 6.22. The molecule has 1 heterocycles. The summed E-state index contributed by atoms with van der Waals surface area (Å²) in [5, 5.41) is 0.112. The molecule has 0 amide bonds. The maximum atomic E-state index is 16.8. The summed E-state index contributed by atoms with van der Waals surface area (Å²) in [5.74, 6) is 0.550. The minimum absolute atomic E-state index is 0.0204. The molecule has 0 bridgehead atoms. The third-order valence-corrected chi connectivity index (χ3v) is 13.8. The van der Waals surface area contributed by atoms with Crippen LogP contribution in [0.2, 0.25) is 18.1 Å². The van der Waals surface area contributed by atoms with Crippen LogP contribution in [0.25, 0.3) is 0 Å². The number of hydrogen-bond donors (Lipinski definition) is 0. The van der Waals surface area contributed by atoms with Crippen molar-refractivity contribution in [3.8, 4) is 0 Å². The van der Waals surface area contributed by atoms with Gasteiger partial charge >= 0.3 is 0 Å². The van der Waals surface area contributed by atoms with Crippen molar-refractivity contribution in [3.63, 3.8) is 0 Å². The first-order valence-corrected chi connectivity index (χ1v) is 17.5. The number of benzene rings is 1. The normalized spacial score (nSPS) is 21.4. The molecule has 0 aliphatic heterocycles. The number of halogens is 1. The van der Waals surface area contributed by atoms with E-state index in [0.29, 0.717) is 5.92 Å². The minimum Gasteiger partial charge on any atom is -0.410 e. The molecule has 2 aliphatic carbocycles. The van der Waals surface area contributed by atoms with Crippen molar-refractivity contribution in [2.45, 2.75) is 136 Å². The van der Waals surface area contributed by atoms with Gasteiger partial charge in [0.05, 0.1) is 6.10 Å². The molecule has 204 valence electrons. The average molecular weight is 524 g/mol. The van der Waals surface area contributed by atoms with E-state index >= 15 is 4.39 Å². The maximum absolute atomic E-state index is 16.8. The van der Waals surface area contributed by atoms with Crippen LogP contribution >= 0.6 is 0 Å². The number of fused-ring (bicyclic) bond motifs is 1. The van der Waals surface area contributed by atoms with Gasteiger partial charge in [-0.1, -0.05) is 91.1 Å². The lowest BCUT2D eigenvalue weighted by Crippen LogP contribution is -2.44. The van der Waals surface area contributed by atoms with E-state index in [1.54, 1.807) is 0 Å². The number of hydrogen-bond acceptors (Lipinski definition) is 2. The molecular formula is C33H50FNOSi. The number of nitrogens with zero attached hydrogens (tertiary/aromatic N) is 1. The molecule has 0 unspecified atom stereocenters. The van der Waals surface area contributed by atoms with E-state index in [-0.39, 0.29) is 22.5 Å². The molecule has 2 nitrogen and oxygen atoms in total. The van der Waals surface area contributed by atoms with Gasteiger partial charge in [-0.3, -0.25) is 4.98 Å². The fraction of sp³-hybridized carbons (Fsp3) is 0.667. The SMILES string of the molecule is Cc1ccc([C@H](F)c2c(C(C)C)nc3c(c2C2CCCC2)[C@@H](O[Si](C)(C)C(C)(C)C)CC(C)(C)C3)cc1. The van der Waals surface area contributed by atoms with Gasteiger partial charge in [0.2, 0.25) is 0 Å². The minimum atomic E-state index is -2.06. The molecular weight excluding hydrogens is 473 g/mol. The van der Waals surface area contributed by atoms with Crippen molar-refractivity contribution >= 4 is 8.32 Å². The molecule has 1 aromatic carbocycles. The second kappa shape index (κ2) is 10.2. The molecule has 1 aromatic heterocycles. The Hall–Kier alpha value is -1.52. The summed E-state index contributed by atoms with van der Waals surface area (Å²) in [6.45, 7) is 22.8. The molecule has 37 heavy (non-hydrogen) atoms. The van der Waals surface area contributed by atoms with Gasteiger partial charge in [0, 0.05) is 22.5 Å². The van der Waals surface area contributed by atoms with E-state index in [0.717, 1.165) is 48.1 Å². The van der Waals surface area contributed by atoms with Crippen molar-refractivity contribution < 1.29 is 8.82 Å². The molecule has 2 aromatic rings. The Morgan fingerprint density at radius 3 is 2.16 bits per heavy atom. The van der Waals surface area contributed by atoms with E-state index in [9.17, 15) is 0 Å². The first-order chi connectivity index (χ1) is 17.1. The summed E-state index contributed by atoms with van der Waals surface area (Å²) < 4.78 is 24.1. The van der Waals surface area contributed by atoms with Gasteiger partial charge in [0.15, 0.2) is 14.5 Å². The highest BCUT2D eigenvalue weighted by molar-refractivity contribution is 6.74. The number of aryl methyl sites for hydroxylation is 1. The zero-order chi connectivity index (χ0) is 27.3. The largest absolute Gasteiger partial charge is 0.410 e. The molecule has 2 atom stereocenters. The molecule has 2 aliphatic rings. The monoisotopic (exact) mass is 523 g/mol. The van der Waals surface area contributed by atoms with Crippen molar-refractivity contribution in [1.82, 2.24) is 4.98 Å². The van der Waals surface area contributed by atoms with Gasteiger partial charge in [-0.05, 0) is 79.1 Å².